The molecule has 3 amide bonds. The van der Waals surface area contributed by atoms with Crippen LogP contribution in [0.5, 0.6) is 5.75 Å². The van der Waals surface area contributed by atoms with Gasteiger partial charge in [0.05, 0.1) is 13.8 Å². The van der Waals surface area contributed by atoms with Gasteiger partial charge in [-0.15, -0.1) is 0 Å². The van der Waals surface area contributed by atoms with Gasteiger partial charge in [0.2, 0.25) is 0 Å². The number of nitrogens with zero attached hydrogens (tertiary/aromatic N) is 2. The van der Waals surface area contributed by atoms with Crippen LogP contribution in [0.3, 0.4) is 0 Å². The van der Waals surface area contributed by atoms with E-state index in [1.807, 2.05) is 30.1 Å². The number of carbonyl (C=O) groups excluding carboxylic acids is 2. The number of carbonyl (C=O) groups is 2. The molecule has 0 atom stereocenters. The largest absolute Gasteiger partial charge is 0.497 e. The highest BCUT2D eigenvalue weighted by Crippen LogP contribution is 2.33. The SMILES string of the molecule is COc1ccc2cc(CN(C)CN3C(=O)NC4(CCCCC4)C3=O)ccc2c1. The highest BCUT2D eigenvalue weighted by molar-refractivity contribution is 6.07. The molecule has 28 heavy (non-hydrogen) atoms. The van der Waals surface area contributed by atoms with Gasteiger partial charge in [0.15, 0.2) is 0 Å². The Bertz CT molecular complexity index is 905. The number of nitrogens with one attached hydrogen (secondary N) is 1. The molecule has 4 rings (SSSR count). The molecule has 1 spiro atoms. The molecule has 1 aliphatic carbocycles. The van der Waals surface area contributed by atoms with Gasteiger partial charge >= 0.3 is 6.03 Å². The van der Waals surface area contributed by atoms with Crippen molar-refractivity contribution in [3.05, 3.63) is 42.0 Å². The Kier molecular flexibility index (Phi) is 4.98. The van der Waals surface area contributed by atoms with Crippen LogP contribution in [0.4, 0.5) is 4.79 Å². The second-order valence-corrected chi connectivity index (χ2v) is 8.01. The molecule has 2 aromatic carbocycles. The molecule has 1 saturated carbocycles. The lowest BCUT2D eigenvalue weighted by Crippen LogP contribution is -2.48. The first-order valence-corrected chi connectivity index (χ1v) is 9.90. The molecular formula is C22H27N3O3. The van der Waals surface area contributed by atoms with E-state index in [4.69, 9.17) is 4.74 Å². The minimum atomic E-state index is -0.655. The molecule has 0 bridgehead atoms. The van der Waals surface area contributed by atoms with Gasteiger partial charge in [-0.2, -0.15) is 0 Å². The molecule has 6 nitrogen and oxygen atoms in total. The Morgan fingerprint density at radius 2 is 1.79 bits per heavy atom. The Morgan fingerprint density at radius 3 is 2.54 bits per heavy atom. The number of benzene rings is 2. The minimum absolute atomic E-state index is 0.0605. The van der Waals surface area contributed by atoms with Crippen LogP contribution in [-0.2, 0) is 11.3 Å². The normalized spacial score (nSPS) is 18.9. The summed E-state index contributed by atoms with van der Waals surface area (Å²) in [4.78, 5) is 28.7. The van der Waals surface area contributed by atoms with E-state index in [1.165, 1.54) is 4.90 Å². The van der Waals surface area contributed by atoms with Gasteiger partial charge in [0.25, 0.3) is 5.91 Å². The monoisotopic (exact) mass is 381 g/mol. The summed E-state index contributed by atoms with van der Waals surface area (Å²) in [6.07, 6.45) is 4.64. The minimum Gasteiger partial charge on any atom is -0.497 e. The molecule has 148 valence electrons. The van der Waals surface area contributed by atoms with E-state index < -0.39 is 5.54 Å². The van der Waals surface area contributed by atoms with Crippen molar-refractivity contribution in [1.82, 2.24) is 15.1 Å². The maximum absolute atomic E-state index is 12.9. The lowest BCUT2D eigenvalue weighted by molar-refractivity contribution is -0.133. The first-order chi connectivity index (χ1) is 13.5. The van der Waals surface area contributed by atoms with E-state index in [0.29, 0.717) is 13.2 Å². The Morgan fingerprint density at radius 1 is 1.07 bits per heavy atom. The number of hydrogen-bond donors (Lipinski definition) is 1. The van der Waals surface area contributed by atoms with Crippen molar-refractivity contribution in [1.29, 1.82) is 0 Å². The van der Waals surface area contributed by atoms with E-state index in [0.717, 1.165) is 54.2 Å². The smallest absolute Gasteiger partial charge is 0.326 e. The standard InChI is InChI=1S/C22H27N3O3/c1-24(14-16-6-7-18-13-19(28-2)9-8-17(18)12-16)15-25-20(26)22(23-21(25)27)10-4-3-5-11-22/h6-9,12-13H,3-5,10-11,14-15H2,1-2H3,(H,23,27). The number of urea groups is 1. The summed E-state index contributed by atoms with van der Waals surface area (Å²) in [6, 6.07) is 12.0. The average Bonchev–Trinajstić information content (AvgIpc) is 2.92. The number of ether oxygens (including phenoxy) is 1. The maximum atomic E-state index is 12.9. The molecule has 1 aliphatic heterocycles. The summed E-state index contributed by atoms with van der Waals surface area (Å²) in [7, 11) is 3.60. The van der Waals surface area contributed by atoms with Crippen molar-refractivity contribution in [3.63, 3.8) is 0 Å². The first-order valence-electron chi connectivity index (χ1n) is 9.90. The number of fused-ring (bicyclic) bond motifs is 1. The zero-order valence-electron chi connectivity index (χ0n) is 16.5. The van der Waals surface area contributed by atoms with Crippen molar-refractivity contribution in [2.24, 2.45) is 0 Å². The van der Waals surface area contributed by atoms with Crippen LogP contribution < -0.4 is 10.1 Å². The molecule has 0 unspecified atom stereocenters. The van der Waals surface area contributed by atoms with Crippen LogP contribution in [0, 0.1) is 0 Å². The van der Waals surface area contributed by atoms with Crippen molar-refractivity contribution in [2.45, 2.75) is 44.2 Å². The van der Waals surface area contributed by atoms with Gasteiger partial charge in [0, 0.05) is 6.54 Å². The first kappa shape index (κ1) is 18.7. The quantitative estimate of drug-likeness (QED) is 0.806. The van der Waals surface area contributed by atoms with Crippen LogP contribution in [0.1, 0.15) is 37.7 Å². The molecule has 2 aliphatic rings. The van der Waals surface area contributed by atoms with Gasteiger partial charge in [-0.25, -0.2) is 9.69 Å². The molecule has 2 aromatic rings. The van der Waals surface area contributed by atoms with Crippen molar-refractivity contribution in [3.8, 4) is 5.75 Å². The van der Waals surface area contributed by atoms with Crippen LogP contribution in [0.2, 0.25) is 0 Å². The maximum Gasteiger partial charge on any atom is 0.326 e. The van der Waals surface area contributed by atoms with Crippen molar-refractivity contribution in [2.75, 3.05) is 20.8 Å². The highest BCUT2D eigenvalue weighted by atomic mass is 16.5. The average molecular weight is 381 g/mol. The summed E-state index contributed by atoms with van der Waals surface area (Å²) < 4.78 is 5.28. The van der Waals surface area contributed by atoms with Crippen LogP contribution >= 0.6 is 0 Å². The third-order valence-electron chi connectivity index (χ3n) is 5.90. The number of imide groups is 1. The molecule has 1 N–H and O–H groups in total. The molecule has 1 saturated heterocycles. The van der Waals surface area contributed by atoms with E-state index in [9.17, 15) is 9.59 Å². The molecule has 0 radical (unpaired) electrons. The number of rotatable bonds is 5. The fourth-order valence-electron chi connectivity index (χ4n) is 4.40. The summed E-state index contributed by atoms with van der Waals surface area (Å²) in [6.45, 7) is 0.957. The molecular weight excluding hydrogens is 354 g/mol. The molecule has 0 aromatic heterocycles. The second-order valence-electron chi connectivity index (χ2n) is 8.01. The summed E-state index contributed by atoms with van der Waals surface area (Å²) >= 11 is 0. The highest BCUT2D eigenvalue weighted by Gasteiger charge is 2.51. The summed E-state index contributed by atoms with van der Waals surface area (Å²) in [5.41, 5.74) is 0.484. The molecule has 1 heterocycles. The van der Waals surface area contributed by atoms with Gasteiger partial charge in [-0.1, -0.05) is 37.5 Å². The molecule has 6 heteroatoms. The van der Waals surface area contributed by atoms with E-state index >= 15 is 0 Å². The topological polar surface area (TPSA) is 61.9 Å². The number of methoxy groups -OCH3 is 1. The van der Waals surface area contributed by atoms with Crippen LogP contribution in [0.25, 0.3) is 10.8 Å². The zero-order valence-corrected chi connectivity index (χ0v) is 16.5. The summed E-state index contributed by atoms with van der Waals surface area (Å²) in [5.74, 6) is 0.780. The third-order valence-corrected chi connectivity index (χ3v) is 5.90. The lowest BCUT2D eigenvalue weighted by atomic mass is 9.82. The summed E-state index contributed by atoms with van der Waals surface area (Å²) in [5, 5.41) is 5.24. The molecule has 2 fully saturated rings. The predicted molar refractivity (Wildman–Crippen MR) is 108 cm³/mol. The van der Waals surface area contributed by atoms with Gasteiger partial charge in [0.1, 0.15) is 11.3 Å². The zero-order chi connectivity index (χ0) is 19.7. The Balaban J connectivity index is 1.44. The van der Waals surface area contributed by atoms with Crippen molar-refractivity contribution >= 4 is 22.7 Å². The van der Waals surface area contributed by atoms with Gasteiger partial charge in [-0.3, -0.25) is 9.69 Å². The van der Waals surface area contributed by atoms with Gasteiger partial charge in [-0.05, 0) is 54.4 Å². The second kappa shape index (κ2) is 7.43. The predicted octanol–water partition coefficient (Wildman–Crippen LogP) is 3.49. The van der Waals surface area contributed by atoms with E-state index in [-0.39, 0.29) is 11.9 Å². The van der Waals surface area contributed by atoms with E-state index in [2.05, 4.69) is 23.5 Å². The van der Waals surface area contributed by atoms with Crippen LogP contribution in [0.15, 0.2) is 36.4 Å². The number of hydrogen-bond acceptors (Lipinski definition) is 4. The fourth-order valence-corrected chi connectivity index (χ4v) is 4.40. The van der Waals surface area contributed by atoms with Gasteiger partial charge < -0.3 is 10.1 Å². The van der Waals surface area contributed by atoms with E-state index in [1.54, 1.807) is 7.11 Å². The Hall–Kier alpha value is -2.60. The van der Waals surface area contributed by atoms with Crippen molar-refractivity contribution < 1.29 is 14.3 Å². The van der Waals surface area contributed by atoms with Crippen LogP contribution in [-0.4, -0.2) is 48.1 Å². The fraction of sp³-hybridized carbons (Fsp3) is 0.455. The Labute approximate surface area is 165 Å². The number of amides is 3. The third kappa shape index (κ3) is 3.44. The lowest BCUT2D eigenvalue weighted by Gasteiger charge is -2.31.